The summed E-state index contributed by atoms with van der Waals surface area (Å²) < 4.78 is 41.0. The molecule has 0 saturated carbocycles. The Labute approximate surface area is 143 Å². The van der Waals surface area contributed by atoms with Gasteiger partial charge in [-0.2, -0.15) is 18.3 Å². The second kappa shape index (κ2) is 5.89. The summed E-state index contributed by atoms with van der Waals surface area (Å²) in [6.07, 6.45) is -0.692. The maximum absolute atomic E-state index is 13.2. The molecule has 2 heterocycles. The Balaban J connectivity index is 1.66. The van der Waals surface area contributed by atoms with Crippen molar-refractivity contribution in [2.24, 2.45) is 0 Å². The summed E-state index contributed by atoms with van der Waals surface area (Å²) in [6.45, 7) is 1.53. The average molecular weight is 349 g/mol. The fourth-order valence-electron chi connectivity index (χ4n) is 3.73. The molecule has 25 heavy (non-hydrogen) atoms. The Morgan fingerprint density at radius 3 is 2.32 bits per heavy atom. The normalized spacial score (nSPS) is 17.2. The van der Waals surface area contributed by atoms with Gasteiger partial charge in [-0.05, 0) is 56.4 Å². The van der Waals surface area contributed by atoms with Crippen molar-refractivity contribution in [1.82, 2.24) is 14.7 Å². The topological polar surface area (TPSA) is 38.1 Å². The molecule has 1 saturated heterocycles. The van der Waals surface area contributed by atoms with Crippen molar-refractivity contribution in [3.8, 4) is 5.69 Å². The van der Waals surface area contributed by atoms with E-state index in [9.17, 15) is 18.0 Å². The van der Waals surface area contributed by atoms with Crippen LogP contribution in [0.2, 0.25) is 0 Å². The fourth-order valence-corrected chi connectivity index (χ4v) is 3.73. The Morgan fingerprint density at radius 1 is 1.00 bits per heavy atom. The first-order chi connectivity index (χ1) is 11.9. The first-order valence-electron chi connectivity index (χ1n) is 8.53. The third-order valence-electron chi connectivity index (χ3n) is 4.95. The molecular formula is C18H18F3N3O. The molecule has 1 aliphatic heterocycles. The molecule has 7 heteroatoms. The van der Waals surface area contributed by atoms with Crippen LogP contribution in [0.1, 0.15) is 46.6 Å². The molecule has 1 aromatic carbocycles. The lowest BCUT2D eigenvalue weighted by molar-refractivity contribution is -0.141. The van der Waals surface area contributed by atoms with Crippen LogP contribution in [0.25, 0.3) is 5.69 Å². The molecule has 4 nitrogen and oxygen atoms in total. The van der Waals surface area contributed by atoms with E-state index in [1.54, 1.807) is 24.3 Å². The monoisotopic (exact) mass is 349 g/mol. The summed E-state index contributed by atoms with van der Waals surface area (Å²) in [5, 5.41) is 3.82. The predicted molar refractivity (Wildman–Crippen MR) is 85.7 cm³/mol. The molecule has 1 aromatic heterocycles. The molecule has 4 rings (SSSR count). The van der Waals surface area contributed by atoms with Crippen molar-refractivity contribution >= 4 is 5.91 Å². The van der Waals surface area contributed by atoms with E-state index in [-0.39, 0.29) is 5.91 Å². The number of rotatable bonds is 2. The van der Waals surface area contributed by atoms with Crippen molar-refractivity contribution in [2.45, 2.75) is 38.3 Å². The van der Waals surface area contributed by atoms with E-state index in [1.165, 1.54) is 4.68 Å². The van der Waals surface area contributed by atoms with E-state index in [0.29, 0.717) is 41.8 Å². The molecule has 0 bridgehead atoms. The lowest BCUT2D eigenvalue weighted by Crippen LogP contribution is -2.27. The molecular weight excluding hydrogens is 331 g/mol. The Bertz CT molecular complexity index is 802. The van der Waals surface area contributed by atoms with Gasteiger partial charge in [0.05, 0.1) is 5.69 Å². The first-order valence-corrected chi connectivity index (χ1v) is 8.53. The number of hydrogen-bond acceptors (Lipinski definition) is 2. The van der Waals surface area contributed by atoms with E-state index in [0.717, 1.165) is 25.9 Å². The van der Waals surface area contributed by atoms with Gasteiger partial charge in [-0.15, -0.1) is 0 Å². The van der Waals surface area contributed by atoms with Crippen LogP contribution in [0, 0.1) is 0 Å². The van der Waals surface area contributed by atoms with Gasteiger partial charge in [0.1, 0.15) is 0 Å². The minimum absolute atomic E-state index is 0.0225. The molecule has 0 N–H and O–H groups in total. The highest BCUT2D eigenvalue weighted by atomic mass is 19.4. The lowest BCUT2D eigenvalue weighted by Gasteiger charge is -2.15. The molecule has 0 radical (unpaired) electrons. The SMILES string of the molecule is O=C(c1ccc(-n2nc(C(F)(F)F)c3c2CCC3)cc1)N1CCCC1. The number of aromatic nitrogens is 2. The maximum Gasteiger partial charge on any atom is 0.435 e. The van der Waals surface area contributed by atoms with Gasteiger partial charge >= 0.3 is 6.18 Å². The van der Waals surface area contributed by atoms with E-state index in [2.05, 4.69) is 5.10 Å². The summed E-state index contributed by atoms with van der Waals surface area (Å²) in [5.74, 6) is -0.0225. The quantitative estimate of drug-likeness (QED) is 0.831. The van der Waals surface area contributed by atoms with Gasteiger partial charge in [0.25, 0.3) is 5.91 Å². The van der Waals surface area contributed by atoms with Crippen LogP contribution >= 0.6 is 0 Å². The van der Waals surface area contributed by atoms with Crippen LogP contribution in [0.4, 0.5) is 13.2 Å². The number of alkyl halides is 3. The highest BCUT2D eigenvalue weighted by molar-refractivity contribution is 5.94. The third-order valence-corrected chi connectivity index (χ3v) is 4.95. The smallest absolute Gasteiger partial charge is 0.339 e. The van der Waals surface area contributed by atoms with E-state index in [4.69, 9.17) is 0 Å². The van der Waals surface area contributed by atoms with Gasteiger partial charge in [-0.25, -0.2) is 4.68 Å². The number of carbonyl (C=O) groups excluding carboxylic acids is 1. The van der Waals surface area contributed by atoms with Gasteiger partial charge in [-0.3, -0.25) is 4.79 Å². The largest absolute Gasteiger partial charge is 0.435 e. The Morgan fingerprint density at radius 2 is 1.68 bits per heavy atom. The van der Waals surface area contributed by atoms with Crippen molar-refractivity contribution < 1.29 is 18.0 Å². The maximum atomic E-state index is 13.2. The standard InChI is InChI=1S/C18H18F3N3O/c19-18(20,21)16-14-4-3-5-15(14)24(22-16)13-8-6-12(7-9-13)17(25)23-10-1-2-11-23/h6-9H,1-5,10-11H2. The number of amides is 1. The summed E-state index contributed by atoms with van der Waals surface area (Å²) in [7, 11) is 0. The van der Waals surface area contributed by atoms with Gasteiger partial charge in [0.15, 0.2) is 5.69 Å². The number of carbonyl (C=O) groups is 1. The van der Waals surface area contributed by atoms with Crippen LogP contribution in [0.5, 0.6) is 0 Å². The second-order valence-electron chi connectivity index (χ2n) is 6.58. The van der Waals surface area contributed by atoms with Crippen molar-refractivity contribution in [3.05, 3.63) is 46.8 Å². The average Bonchev–Trinajstić information content (AvgIpc) is 3.30. The van der Waals surface area contributed by atoms with Crippen molar-refractivity contribution in [1.29, 1.82) is 0 Å². The number of benzene rings is 1. The van der Waals surface area contributed by atoms with E-state index < -0.39 is 11.9 Å². The minimum Gasteiger partial charge on any atom is -0.339 e. The molecule has 132 valence electrons. The Hall–Kier alpha value is -2.31. The first kappa shape index (κ1) is 16.2. The van der Waals surface area contributed by atoms with E-state index in [1.807, 2.05) is 4.90 Å². The lowest BCUT2D eigenvalue weighted by atomic mass is 10.1. The second-order valence-corrected chi connectivity index (χ2v) is 6.58. The third kappa shape index (κ3) is 2.81. The summed E-state index contributed by atoms with van der Waals surface area (Å²) in [5.41, 5.74) is 1.28. The molecule has 0 spiro atoms. The summed E-state index contributed by atoms with van der Waals surface area (Å²) in [4.78, 5) is 14.2. The van der Waals surface area contributed by atoms with Crippen molar-refractivity contribution in [3.63, 3.8) is 0 Å². The molecule has 2 aromatic rings. The van der Waals surface area contributed by atoms with Crippen LogP contribution < -0.4 is 0 Å². The van der Waals surface area contributed by atoms with Gasteiger partial charge in [-0.1, -0.05) is 0 Å². The van der Waals surface area contributed by atoms with Gasteiger partial charge in [0, 0.05) is 29.9 Å². The highest BCUT2D eigenvalue weighted by Crippen LogP contribution is 2.37. The molecule has 1 fully saturated rings. The van der Waals surface area contributed by atoms with Crippen LogP contribution in [0.15, 0.2) is 24.3 Å². The number of fused-ring (bicyclic) bond motifs is 1. The Kier molecular flexibility index (Phi) is 3.81. The zero-order chi connectivity index (χ0) is 17.6. The number of halogens is 3. The van der Waals surface area contributed by atoms with Crippen LogP contribution in [-0.2, 0) is 19.0 Å². The van der Waals surface area contributed by atoms with Crippen molar-refractivity contribution in [2.75, 3.05) is 13.1 Å². The molecule has 2 aliphatic rings. The number of likely N-dealkylation sites (tertiary alicyclic amines) is 1. The summed E-state index contributed by atoms with van der Waals surface area (Å²) in [6, 6.07) is 6.70. The van der Waals surface area contributed by atoms with Gasteiger partial charge < -0.3 is 4.90 Å². The highest BCUT2D eigenvalue weighted by Gasteiger charge is 2.40. The molecule has 1 aliphatic carbocycles. The molecule has 0 atom stereocenters. The number of nitrogens with zero attached hydrogens (tertiary/aromatic N) is 3. The predicted octanol–water partition coefficient (Wildman–Crippen LogP) is 3.62. The van der Waals surface area contributed by atoms with E-state index >= 15 is 0 Å². The molecule has 0 unspecified atom stereocenters. The zero-order valence-electron chi connectivity index (χ0n) is 13.6. The van der Waals surface area contributed by atoms with Crippen LogP contribution in [-0.4, -0.2) is 33.7 Å². The van der Waals surface area contributed by atoms with Gasteiger partial charge in [0.2, 0.25) is 0 Å². The fraction of sp³-hybridized carbons (Fsp3) is 0.444. The molecule has 1 amide bonds. The number of hydrogen-bond donors (Lipinski definition) is 0. The zero-order valence-corrected chi connectivity index (χ0v) is 13.6. The minimum atomic E-state index is -4.44. The summed E-state index contributed by atoms with van der Waals surface area (Å²) >= 11 is 0. The van der Waals surface area contributed by atoms with Crippen LogP contribution in [0.3, 0.4) is 0 Å².